The first-order valence-corrected chi connectivity index (χ1v) is 5.90. The molecule has 1 atom stereocenters. The lowest BCUT2D eigenvalue weighted by molar-refractivity contribution is 0.0365. The van der Waals surface area contributed by atoms with E-state index in [2.05, 4.69) is 5.32 Å². The Hall–Kier alpha value is -1.79. The summed E-state index contributed by atoms with van der Waals surface area (Å²) < 4.78 is 15.5. The van der Waals surface area contributed by atoms with E-state index in [0.29, 0.717) is 24.5 Å². The molecule has 0 bridgehead atoms. The number of rotatable bonds is 8. The Kier molecular flexibility index (Phi) is 6.11. The van der Waals surface area contributed by atoms with E-state index < -0.39 is 0 Å². The summed E-state index contributed by atoms with van der Waals surface area (Å²) in [6.45, 7) is 1.04. The third kappa shape index (κ3) is 4.42. The average molecular weight is 267 g/mol. The number of nitrogens with two attached hydrogens (primary N) is 1. The van der Waals surface area contributed by atoms with Gasteiger partial charge in [-0.25, -0.2) is 0 Å². The summed E-state index contributed by atoms with van der Waals surface area (Å²) >= 11 is 0. The molecule has 106 valence electrons. The summed E-state index contributed by atoms with van der Waals surface area (Å²) in [7, 11) is 4.84. The number of nitrogens with one attached hydrogen (secondary N) is 2. The van der Waals surface area contributed by atoms with Crippen LogP contribution in [0, 0.1) is 5.41 Å². The van der Waals surface area contributed by atoms with E-state index >= 15 is 0 Å². The van der Waals surface area contributed by atoms with Gasteiger partial charge in [-0.1, -0.05) is 0 Å². The smallest absolute Gasteiger partial charge is 0.124 e. The summed E-state index contributed by atoms with van der Waals surface area (Å²) in [6, 6.07) is 5.32. The summed E-state index contributed by atoms with van der Waals surface area (Å²) in [6.07, 6.45) is -0.0731. The Morgan fingerprint density at radius 2 is 2.11 bits per heavy atom. The maximum atomic E-state index is 7.56. The lowest BCUT2D eigenvalue weighted by atomic mass is 10.1. The van der Waals surface area contributed by atoms with Gasteiger partial charge in [0.05, 0.1) is 19.8 Å². The van der Waals surface area contributed by atoms with Crippen molar-refractivity contribution in [3.63, 3.8) is 0 Å². The molecule has 6 heteroatoms. The average Bonchev–Trinajstić information content (AvgIpc) is 2.42. The molecule has 1 aromatic rings. The van der Waals surface area contributed by atoms with Gasteiger partial charge in [-0.2, -0.15) is 0 Å². The first-order valence-electron chi connectivity index (χ1n) is 5.90. The number of hydrogen-bond donors (Lipinski definition) is 3. The molecular formula is C13H21N3O3. The lowest BCUT2D eigenvalue weighted by Gasteiger charge is -2.18. The van der Waals surface area contributed by atoms with Crippen LogP contribution < -0.4 is 15.8 Å². The number of methoxy groups -OCH3 is 3. The predicted molar refractivity (Wildman–Crippen MR) is 75.2 cm³/mol. The van der Waals surface area contributed by atoms with Crippen molar-refractivity contribution in [3.05, 3.63) is 23.8 Å². The van der Waals surface area contributed by atoms with E-state index in [9.17, 15) is 0 Å². The predicted octanol–water partition coefficient (Wildman–Crippen LogP) is 1.05. The molecule has 0 aliphatic carbocycles. The van der Waals surface area contributed by atoms with E-state index in [4.69, 9.17) is 25.4 Å². The SMILES string of the molecule is COCC(CNc1cc(OC)ccc1C(=N)N)OC. The first kappa shape index (κ1) is 15.3. The van der Waals surface area contributed by atoms with E-state index in [1.165, 1.54) is 0 Å². The van der Waals surface area contributed by atoms with Crippen LogP contribution in [0.2, 0.25) is 0 Å². The normalized spacial score (nSPS) is 11.9. The van der Waals surface area contributed by atoms with Gasteiger partial charge in [-0.05, 0) is 12.1 Å². The minimum absolute atomic E-state index is 0.00543. The lowest BCUT2D eigenvalue weighted by Crippen LogP contribution is -2.27. The largest absolute Gasteiger partial charge is 0.497 e. The fourth-order valence-corrected chi connectivity index (χ4v) is 1.65. The molecule has 0 saturated heterocycles. The molecule has 4 N–H and O–H groups in total. The van der Waals surface area contributed by atoms with Crippen LogP contribution in [0.5, 0.6) is 5.75 Å². The monoisotopic (exact) mass is 267 g/mol. The molecule has 0 amide bonds. The van der Waals surface area contributed by atoms with Crippen molar-refractivity contribution in [2.45, 2.75) is 6.10 Å². The third-order valence-electron chi connectivity index (χ3n) is 2.72. The highest BCUT2D eigenvalue weighted by atomic mass is 16.5. The van der Waals surface area contributed by atoms with Crippen molar-refractivity contribution in [2.75, 3.05) is 39.8 Å². The second-order valence-corrected chi connectivity index (χ2v) is 4.02. The van der Waals surface area contributed by atoms with Crippen molar-refractivity contribution < 1.29 is 14.2 Å². The van der Waals surface area contributed by atoms with E-state index in [1.807, 2.05) is 0 Å². The van der Waals surface area contributed by atoms with Gasteiger partial charge in [0.15, 0.2) is 0 Å². The van der Waals surface area contributed by atoms with Crippen LogP contribution in [0.15, 0.2) is 18.2 Å². The number of benzene rings is 1. The zero-order valence-corrected chi connectivity index (χ0v) is 11.5. The zero-order chi connectivity index (χ0) is 14.3. The fraction of sp³-hybridized carbons (Fsp3) is 0.462. The molecule has 0 aliphatic heterocycles. The van der Waals surface area contributed by atoms with Gasteiger partial charge in [0, 0.05) is 38.1 Å². The van der Waals surface area contributed by atoms with E-state index in [0.717, 1.165) is 5.69 Å². The fourth-order valence-electron chi connectivity index (χ4n) is 1.65. The van der Waals surface area contributed by atoms with Crippen molar-refractivity contribution in [2.24, 2.45) is 5.73 Å². The van der Waals surface area contributed by atoms with Gasteiger partial charge in [0.2, 0.25) is 0 Å². The van der Waals surface area contributed by atoms with Crippen LogP contribution in [-0.4, -0.2) is 46.4 Å². The van der Waals surface area contributed by atoms with Crippen LogP contribution >= 0.6 is 0 Å². The standard InChI is InChI=1S/C13H21N3O3/c1-17-8-10(19-3)7-16-12-6-9(18-2)4-5-11(12)13(14)15/h4-6,10,16H,7-8H2,1-3H3,(H3,14,15). The van der Waals surface area contributed by atoms with E-state index in [1.54, 1.807) is 39.5 Å². The summed E-state index contributed by atoms with van der Waals surface area (Å²) in [5, 5.41) is 10.8. The van der Waals surface area contributed by atoms with Crippen molar-refractivity contribution in [3.8, 4) is 5.75 Å². The molecule has 0 fully saturated rings. The molecule has 0 aromatic heterocycles. The molecule has 19 heavy (non-hydrogen) atoms. The molecule has 0 saturated carbocycles. The zero-order valence-electron chi connectivity index (χ0n) is 11.5. The molecule has 0 heterocycles. The van der Waals surface area contributed by atoms with Crippen molar-refractivity contribution >= 4 is 11.5 Å². The summed E-state index contributed by atoms with van der Waals surface area (Å²) in [4.78, 5) is 0. The summed E-state index contributed by atoms with van der Waals surface area (Å²) in [5.74, 6) is 0.707. The highest BCUT2D eigenvalue weighted by Gasteiger charge is 2.10. The molecule has 1 aromatic carbocycles. The Labute approximate surface area is 113 Å². The minimum atomic E-state index is -0.0731. The maximum absolute atomic E-state index is 7.56. The molecule has 1 rings (SSSR count). The summed E-state index contributed by atoms with van der Waals surface area (Å²) in [5.41, 5.74) is 6.92. The number of amidine groups is 1. The van der Waals surface area contributed by atoms with Gasteiger partial charge in [0.25, 0.3) is 0 Å². The van der Waals surface area contributed by atoms with Crippen LogP contribution in [0.4, 0.5) is 5.69 Å². The number of ether oxygens (including phenoxy) is 3. The molecule has 0 spiro atoms. The third-order valence-corrected chi connectivity index (χ3v) is 2.72. The van der Waals surface area contributed by atoms with Crippen molar-refractivity contribution in [1.29, 1.82) is 5.41 Å². The van der Waals surface area contributed by atoms with Crippen molar-refractivity contribution in [1.82, 2.24) is 0 Å². The van der Waals surface area contributed by atoms with Gasteiger partial charge in [-0.15, -0.1) is 0 Å². The Bertz CT molecular complexity index is 424. The first-order chi connectivity index (χ1) is 9.12. The second-order valence-electron chi connectivity index (χ2n) is 4.02. The Morgan fingerprint density at radius 1 is 1.37 bits per heavy atom. The number of hydrogen-bond acceptors (Lipinski definition) is 5. The highest BCUT2D eigenvalue weighted by Crippen LogP contribution is 2.22. The molecule has 6 nitrogen and oxygen atoms in total. The van der Waals surface area contributed by atoms with Gasteiger partial charge < -0.3 is 25.3 Å². The molecule has 1 unspecified atom stereocenters. The van der Waals surface area contributed by atoms with Gasteiger partial charge in [0.1, 0.15) is 11.6 Å². The van der Waals surface area contributed by atoms with Crippen LogP contribution in [0.1, 0.15) is 5.56 Å². The Balaban J connectivity index is 2.82. The second kappa shape index (κ2) is 7.60. The molecular weight excluding hydrogens is 246 g/mol. The molecule has 0 radical (unpaired) electrons. The van der Waals surface area contributed by atoms with Gasteiger partial charge >= 0.3 is 0 Å². The maximum Gasteiger partial charge on any atom is 0.124 e. The topological polar surface area (TPSA) is 89.6 Å². The van der Waals surface area contributed by atoms with Crippen LogP contribution in [0.3, 0.4) is 0 Å². The minimum Gasteiger partial charge on any atom is -0.497 e. The Morgan fingerprint density at radius 3 is 2.63 bits per heavy atom. The van der Waals surface area contributed by atoms with Crippen LogP contribution in [0.25, 0.3) is 0 Å². The van der Waals surface area contributed by atoms with Gasteiger partial charge in [-0.3, -0.25) is 5.41 Å². The van der Waals surface area contributed by atoms with Crippen LogP contribution in [-0.2, 0) is 9.47 Å². The highest BCUT2D eigenvalue weighted by molar-refractivity contribution is 6.00. The van der Waals surface area contributed by atoms with E-state index in [-0.39, 0.29) is 11.9 Å². The number of nitrogen functional groups attached to an aromatic ring is 1. The molecule has 0 aliphatic rings. The number of anilines is 1. The quantitative estimate of drug-likeness (QED) is 0.484.